The van der Waals surface area contributed by atoms with Crippen LogP contribution >= 0.6 is 0 Å². The Kier molecular flexibility index (Phi) is 7.37. The van der Waals surface area contributed by atoms with E-state index in [9.17, 15) is 20.0 Å². The van der Waals surface area contributed by atoms with Gasteiger partial charge >= 0.3 is 0 Å². The first kappa shape index (κ1) is 21.7. The molecule has 0 saturated carbocycles. The van der Waals surface area contributed by atoms with Crippen LogP contribution in [-0.4, -0.2) is 54.9 Å². The third kappa shape index (κ3) is 5.55. The van der Waals surface area contributed by atoms with Crippen molar-refractivity contribution < 1.29 is 19.6 Å². The van der Waals surface area contributed by atoms with Crippen LogP contribution in [0.1, 0.15) is 35.2 Å². The number of morpholine rings is 1. The molecule has 2 aromatic carbocycles. The molecule has 2 N–H and O–H groups in total. The van der Waals surface area contributed by atoms with E-state index >= 15 is 0 Å². The van der Waals surface area contributed by atoms with Gasteiger partial charge in [0.1, 0.15) is 5.69 Å². The Bertz CT molecular complexity index is 866. The second kappa shape index (κ2) is 10.2. The molecule has 3 rings (SSSR count). The third-order valence-corrected chi connectivity index (χ3v) is 5.19. The number of nitro groups is 1. The summed E-state index contributed by atoms with van der Waals surface area (Å²) in [6.07, 6.45) is -0.0126. The quantitative estimate of drug-likeness (QED) is 0.509. The molecule has 1 saturated heterocycles. The van der Waals surface area contributed by atoms with Gasteiger partial charge in [0.05, 0.1) is 24.2 Å². The first-order chi connectivity index (χ1) is 14.5. The van der Waals surface area contributed by atoms with E-state index in [1.807, 2.05) is 35.2 Å². The molecule has 1 aliphatic rings. The fraction of sp³-hybridized carbons (Fsp3) is 0.409. The van der Waals surface area contributed by atoms with Gasteiger partial charge in [-0.2, -0.15) is 0 Å². The fourth-order valence-electron chi connectivity index (χ4n) is 3.67. The molecule has 0 radical (unpaired) electrons. The first-order valence-electron chi connectivity index (χ1n) is 10.1. The number of nitro benzene ring substituents is 1. The predicted octanol–water partition coefficient (Wildman–Crippen LogP) is 2.72. The van der Waals surface area contributed by atoms with Crippen LogP contribution in [0, 0.1) is 10.1 Å². The Morgan fingerprint density at radius 2 is 1.93 bits per heavy atom. The van der Waals surface area contributed by atoms with Crippen LogP contribution < -0.4 is 10.2 Å². The normalized spacial score (nSPS) is 16.0. The highest BCUT2D eigenvalue weighted by molar-refractivity contribution is 5.95. The monoisotopic (exact) mass is 413 g/mol. The number of carbonyl (C=O) groups excluding carboxylic acids is 1. The summed E-state index contributed by atoms with van der Waals surface area (Å²) in [7, 11) is 0. The lowest BCUT2D eigenvalue weighted by atomic mass is 9.93. The van der Waals surface area contributed by atoms with Crippen molar-refractivity contribution in [1.82, 2.24) is 5.32 Å². The van der Waals surface area contributed by atoms with Gasteiger partial charge in [0, 0.05) is 37.2 Å². The van der Waals surface area contributed by atoms with Crippen molar-refractivity contribution in [3.63, 3.8) is 0 Å². The molecule has 30 heavy (non-hydrogen) atoms. The summed E-state index contributed by atoms with van der Waals surface area (Å²) in [6, 6.07) is 14.2. The molecular formula is C22H27N3O5. The summed E-state index contributed by atoms with van der Waals surface area (Å²) in [5, 5.41) is 24.3. The Balaban J connectivity index is 1.74. The molecule has 8 heteroatoms. The molecule has 0 aromatic heterocycles. The predicted molar refractivity (Wildman–Crippen MR) is 114 cm³/mol. The summed E-state index contributed by atoms with van der Waals surface area (Å²) in [5.41, 5.74) is 1.67. The van der Waals surface area contributed by atoms with Crippen LogP contribution in [-0.2, 0) is 4.74 Å². The van der Waals surface area contributed by atoms with Gasteiger partial charge in [-0.25, -0.2) is 0 Å². The van der Waals surface area contributed by atoms with Gasteiger partial charge in [0.2, 0.25) is 0 Å². The Morgan fingerprint density at radius 3 is 2.57 bits per heavy atom. The number of rotatable bonds is 8. The molecule has 0 bridgehead atoms. The van der Waals surface area contributed by atoms with Crippen molar-refractivity contribution in [3.05, 3.63) is 69.8 Å². The number of ether oxygens (including phenoxy) is 1. The van der Waals surface area contributed by atoms with Crippen molar-refractivity contribution in [1.29, 1.82) is 0 Å². The maximum atomic E-state index is 12.7. The molecule has 2 aromatic rings. The van der Waals surface area contributed by atoms with E-state index in [-0.39, 0.29) is 23.1 Å². The minimum Gasteiger partial charge on any atom is -0.393 e. The van der Waals surface area contributed by atoms with Gasteiger partial charge in [-0.1, -0.05) is 30.3 Å². The van der Waals surface area contributed by atoms with Crippen LogP contribution in [0.2, 0.25) is 0 Å². The molecule has 0 spiro atoms. The maximum absolute atomic E-state index is 12.7. The molecule has 160 valence electrons. The van der Waals surface area contributed by atoms with E-state index in [0.717, 1.165) is 5.56 Å². The van der Waals surface area contributed by atoms with Crippen molar-refractivity contribution in [2.45, 2.75) is 25.4 Å². The lowest BCUT2D eigenvalue weighted by Crippen LogP contribution is -2.36. The summed E-state index contributed by atoms with van der Waals surface area (Å²) in [4.78, 5) is 25.7. The zero-order valence-electron chi connectivity index (χ0n) is 17.0. The third-order valence-electron chi connectivity index (χ3n) is 5.19. The van der Waals surface area contributed by atoms with E-state index in [2.05, 4.69) is 5.32 Å². The number of aliphatic hydroxyl groups excluding tert-OH is 1. The number of anilines is 1. The van der Waals surface area contributed by atoms with Gasteiger partial charge in [0.25, 0.3) is 11.6 Å². The molecule has 1 amide bonds. The number of aliphatic hydroxyl groups is 1. The number of nitrogens with one attached hydrogen (secondary N) is 1. The Morgan fingerprint density at radius 1 is 1.23 bits per heavy atom. The summed E-state index contributed by atoms with van der Waals surface area (Å²) in [5.74, 6) is -0.434. The lowest BCUT2D eigenvalue weighted by Gasteiger charge is -2.28. The van der Waals surface area contributed by atoms with Gasteiger partial charge in [-0.05, 0) is 31.0 Å². The van der Waals surface area contributed by atoms with Gasteiger partial charge < -0.3 is 20.1 Å². The number of benzene rings is 2. The number of nitrogens with zero attached hydrogens (tertiary/aromatic N) is 2. The number of hydrogen-bond acceptors (Lipinski definition) is 6. The van der Waals surface area contributed by atoms with Crippen LogP contribution in [0.25, 0.3) is 0 Å². The second-order valence-corrected chi connectivity index (χ2v) is 7.46. The zero-order chi connectivity index (χ0) is 21.5. The van der Waals surface area contributed by atoms with Crippen molar-refractivity contribution >= 4 is 17.3 Å². The SMILES string of the molecule is C[C@H](O)C[C@@H](CNC(=O)c1ccc(N2CCOCC2)c([N+](=O)[O-])c1)c1ccccc1. The second-order valence-electron chi connectivity index (χ2n) is 7.46. The van der Waals surface area contributed by atoms with Gasteiger partial charge in [-0.15, -0.1) is 0 Å². The molecule has 1 fully saturated rings. The van der Waals surface area contributed by atoms with Crippen molar-refractivity contribution in [2.75, 3.05) is 37.7 Å². The van der Waals surface area contributed by atoms with Gasteiger partial charge in [-0.3, -0.25) is 14.9 Å². The van der Waals surface area contributed by atoms with Crippen LogP contribution in [0.4, 0.5) is 11.4 Å². The van der Waals surface area contributed by atoms with Crippen LogP contribution in [0.15, 0.2) is 48.5 Å². The summed E-state index contributed by atoms with van der Waals surface area (Å²) < 4.78 is 5.31. The fourth-order valence-corrected chi connectivity index (χ4v) is 3.67. The minimum atomic E-state index is -0.513. The van der Waals surface area contributed by atoms with Crippen molar-refractivity contribution in [3.8, 4) is 0 Å². The van der Waals surface area contributed by atoms with Gasteiger partial charge in [0.15, 0.2) is 0 Å². The highest BCUT2D eigenvalue weighted by atomic mass is 16.6. The minimum absolute atomic E-state index is 0.0576. The summed E-state index contributed by atoms with van der Waals surface area (Å²) in [6.45, 7) is 4.22. The molecular weight excluding hydrogens is 386 g/mol. The van der Waals surface area contributed by atoms with E-state index < -0.39 is 11.0 Å². The topological polar surface area (TPSA) is 105 Å². The molecule has 0 unspecified atom stereocenters. The van der Waals surface area contributed by atoms with E-state index in [4.69, 9.17) is 4.74 Å². The molecule has 0 aliphatic carbocycles. The Hall–Kier alpha value is -2.97. The van der Waals surface area contributed by atoms with Crippen LogP contribution in [0.5, 0.6) is 0 Å². The maximum Gasteiger partial charge on any atom is 0.293 e. The number of amides is 1. The number of hydrogen-bond donors (Lipinski definition) is 2. The Labute approximate surface area is 175 Å². The average Bonchev–Trinajstić information content (AvgIpc) is 2.77. The van der Waals surface area contributed by atoms with Crippen LogP contribution in [0.3, 0.4) is 0 Å². The number of carbonyl (C=O) groups is 1. The van der Waals surface area contributed by atoms with E-state index in [1.54, 1.807) is 19.1 Å². The average molecular weight is 413 g/mol. The molecule has 8 nitrogen and oxygen atoms in total. The highest BCUT2D eigenvalue weighted by Crippen LogP contribution is 2.30. The molecule has 2 atom stereocenters. The van der Waals surface area contributed by atoms with Crippen molar-refractivity contribution in [2.24, 2.45) is 0 Å². The largest absolute Gasteiger partial charge is 0.393 e. The highest BCUT2D eigenvalue weighted by Gasteiger charge is 2.24. The molecule has 1 aliphatic heterocycles. The smallest absolute Gasteiger partial charge is 0.293 e. The molecule has 1 heterocycles. The zero-order valence-corrected chi connectivity index (χ0v) is 17.0. The standard InChI is InChI=1S/C22H27N3O5/c1-16(26)13-19(17-5-3-2-4-6-17)15-23-22(27)18-7-8-20(21(14-18)25(28)29)24-9-11-30-12-10-24/h2-8,14,16,19,26H,9-13,15H2,1H3,(H,23,27)/t16-,19-/m0/s1. The first-order valence-corrected chi connectivity index (χ1v) is 10.1. The summed E-state index contributed by atoms with van der Waals surface area (Å²) >= 11 is 0. The lowest BCUT2D eigenvalue weighted by molar-refractivity contribution is -0.384. The van der Waals surface area contributed by atoms with E-state index in [0.29, 0.717) is 45.0 Å². The van der Waals surface area contributed by atoms with E-state index in [1.165, 1.54) is 6.07 Å².